The maximum Gasteiger partial charge on any atom is 0.271 e. The maximum absolute atomic E-state index is 12.8. The van der Waals surface area contributed by atoms with Gasteiger partial charge in [0.05, 0.1) is 16.3 Å². The monoisotopic (exact) mass is 560 g/mol. The number of halogens is 1. The van der Waals surface area contributed by atoms with Gasteiger partial charge in [-0.25, -0.2) is 13.8 Å². The van der Waals surface area contributed by atoms with Gasteiger partial charge in [0.2, 0.25) is 0 Å². The minimum absolute atomic E-state index is 0.173. The minimum Gasteiger partial charge on any atom is -0.322 e. The van der Waals surface area contributed by atoms with Gasteiger partial charge in [-0.1, -0.05) is 48.0 Å². The van der Waals surface area contributed by atoms with E-state index in [9.17, 15) is 18.0 Å². The maximum atomic E-state index is 12.8. The first-order valence-electron chi connectivity index (χ1n) is 11.8. The zero-order valence-corrected chi connectivity index (χ0v) is 22.7. The van der Waals surface area contributed by atoms with Crippen molar-refractivity contribution in [3.05, 3.63) is 125 Å². The second kappa shape index (κ2) is 11.9. The summed E-state index contributed by atoms with van der Waals surface area (Å²) in [7, 11) is -2.27. The molecule has 4 aromatic carbocycles. The van der Waals surface area contributed by atoms with Crippen LogP contribution in [-0.4, -0.2) is 33.0 Å². The molecule has 0 aromatic heterocycles. The lowest BCUT2D eigenvalue weighted by molar-refractivity contribution is 0.0954. The molecule has 8 nitrogen and oxygen atoms in total. The van der Waals surface area contributed by atoms with Crippen LogP contribution >= 0.6 is 11.6 Å². The molecule has 198 valence electrons. The van der Waals surface area contributed by atoms with E-state index in [0.29, 0.717) is 38.8 Å². The number of hydrogen-bond donors (Lipinski definition) is 2. The van der Waals surface area contributed by atoms with E-state index in [0.717, 1.165) is 4.31 Å². The van der Waals surface area contributed by atoms with Gasteiger partial charge >= 0.3 is 0 Å². The first-order chi connectivity index (χ1) is 18.6. The van der Waals surface area contributed by atoms with Crippen LogP contribution in [0.25, 0.3) is 0 Å². The fourth-order valence-electron chi connectivity index (χ4n) is 3.63. The molecule has 0 unspecified atom stereocenters. The molecule has 4 rings (SSSR count). The first kappa shape index (κ1) is 27.6. The predicted molar refractivity (Wildman–Crippen MR) is 154 cm³/mol. The summed E-state index contributed by atoms with van der Waals surface area (Å²) in [4.78, 5) is 25.4. The smallest absolute Gasteiger partial charge is 0.271 e. The van der Waals surface area contributed by atoms with E-state index >= 15 is 0 Å². The van der Waals surface area contributed by atoms with Gasteiger partial charge in [-0.15, -0.1) is 0 Å². The van der Waals surface area contributed by atoms with E-state index in [4.69, 9.17) is 11.6 Å². The van der Waals surface area contributed by atoms with E-state index in [1.165, 1.54) is 31.3 Å². The molecule has 0 spiro atoms. The Kier molecular flexibility index (Phi) is 8.43. The van der Waals surface area contributed by atoms with Gasteiger partial charge in [-0.05, 0) is 79.2 Å². The number of hydrogen-bond acceptors (Lipinski definition) is 5. The van der Waals surface area contributed by atoms with Crippen molar-refractivity contribution in [2.45, 2.75) is 11.8 Å². The number of sulfonamides is 1. The predicted octanol–water partition coefficient (Wildman–Crippen LogP) is 5.57. The summed E-state index contributed by atoms with van der Waals surface area (Å²) in [5, 5.41) is 7.46. The van der Waals surface area contributed by atoms with Crippen molar-refractivity contribution in [3.8, 4) is 0 Å². The average molecular weight is 561 g/mol. The summed E-state index contributed by atoms with van der Waals surface area (Å²) in [6.07, 6.45) is 0. The minimum atomic E-state index is -3.73. The normalized spacial score (nSPS) is 11.5. The van der Waals surface area contributed by atoms with E-state index in [1.807, 2.05) is 0 Å². The Hall–Kier alpha value is -4.47. The van der Waals surface area contributed by atoms with E-state index < -0.39 is 15.9 Å². The molecular formula is C29H25ClN4O4S. The molecule has 0 aliphatic rings. The molecular weight excluding hydrogens is 536 g/mol. The number of nitrogens with one attached hydrogen (secondary N) is 2. The Balaban J connectivity index is 1.41. The molecule has 10 heteroatoms. The molecule has 0 atom stereocenters. The third-order valence-electron chi connectivity index (χ3n) is 5.84. The van der Waals surface area contributed by atoms with Crippen LogP contribution in [0.3, 0.4) is 0 Å². The van der Waals surface area contributed by atoms with Crippen molar-refractivity contribution in [2.75, 3.05) is 16.7 Å². The highest BCUT2D eigenvalue weighted by molar-refractivity contribution is 7.92. The molecule has 0 aliphatic heterocycles. The fraction of sp³-hybridized carbons (Fsp3) is 0.0690. The lowest BCUT2D eigenvalue weighted by atomic mass is 10.1. The van der Waals surface area contributed by atoms with Crippen molar-refractivity contribution < 1.29 is 18.0 Å². The van der Waals surface area contributed by atoms with Crippen LogP contribution in [-0.2, 0) is 10.0 Å². The average Bonchev–Trinajstić information content (AvgIpc) is 2.96. The van der Waals surface area contributed by atoms with Crippen LogP contribution in [0.1, 0.15) is 33.2 Å². The quantitative estimate of drug-likeness (QED) is 0.217. The van der Waals surface area contributed by atoms with Gasteiger partial charge in [-0.3, -0.25) is 13.9 Å². The Morgan fingerprint density at radius 2 is 1.44 bits per heavy atom. The summed E-state index contributed by atoms with van der Waals surface area (Å²) in [5.41, 5.74) is 5.43. The molecule has 0 saturated heterocycles. The second-order valence-electron chi connectivity index (χ2n) is 8.52. The number of amides is 2. The Bertz CT molecular complexity index is 1640. The number of carbonyl (C=O) groups is 2. The van der Waals surface area contributed by atoms with E-state index in [1.54, 1.807) is 85.8 Å². The topological polar surface area (TPSA) is 108 Å². The van der Waals surface area contributed by atoms with E-state index in [-0.39, 0.29) is 10.8 Å². The van der Waals surface area contributed by atoms with Gasteiger partial charge in [0, 0.05) is 28.9 Å². The number of rotatable bonds is 8. The van der Waals surface area contributed by atoms with E-state index in [2.05, 4.69) is 15.8 Å². The highest BCUT2D eigenvalue weighted by atomic mass is 35.5. The molecule has 39 heavy (non-hydrogen) atoms. The van der Waals surface area contributed by atoms with Crippen molar-refractivity contribution in [1.29, 1.82) is 0 Å². The largest absolute Gasteiger partial charge is 0.322 e. The summed E-state index contributed by atoms with van der Waals surface area (Å²) in [5.74, 6) is -0.761. The van der Waals surface area contributed by atoms with Crippen LogP contribution in [0.2, 0.25) is 5.02 Å². The van der Waals surface area contributed by atoms with Gasteiger partial charge in [0.25, 0.3) is 21.8 Å². The number of nitrogens with zero attached hydrogens (tertiary/aromatic N) is 2. The molecule has 2 N–H and O–H groups in total. The number of anilines is 2. The van der Waals surface area contributed by atoms with Gasteiger partial charge < -0.3 is 5.32 Å². The standard InChI is InChI=1S/C29H25ClN4O4S/c1-20(22-8-7-11-25(19-22)31-28(35)23-9-6-10-24(30)18-23)32-33-29(36)21-14-16-26(17-15-21)34(2)39(37,38)27-12-4-3-5-13-27/h3-19H,1-2H3,(H,31,35)(H,33,36). The summed E-state index contributed by atoms with van der Waals surface area (Å²) < 4.78 is 26.8. The zero-order valence-electron chi connectivity index (χ0n) is 21.1. The van der Waals surface area contributed by atoms with Gasteiger partial charge in [0.15, 0.2) is 0 Å². The molecule has 0 heterocycles. The Morgan fingerprint density at radius 1 is 0.769 bits per heavy atom. The number of benzene rings is 4. The van der Waals surface area contributed by atoms with Crippen LogP contribution in [0.5, 0.6) is 0 Å². The SMILES string of the molecule is CC(=NNC(=O)c1ccc(N(C)S(=O)(=O)c2ccccc2)cc1)c1cccc(NC(=O)c2cccc(Cl)c2)c1. The van der Waals surface area contributed by atoms with Crippen molar-refractivity contribution in [3.63, 3.8) is 0 Å². The molecule has 0 aliphatic carbocycles. The summed E-state index contributed by atoms with van der Waals surface area (Å²) in [6, 6.07) is 28.0. The number of hydrazone groups is 1. The Labute approximate surface area is 232 Å². The van der Waals surface area contributed by atoms with Crippen molar-refractivity contribution in [1.82, 2.24) is 5.43 Å². The van der Waals surface area contributed by atoms with Gasteiger partial charge in [-0.2, -0.15) is 5.10 Å². The number of carbonyl (C=O) groups excluding carboxylic acids is 2. The zero-order chi connectivity index (χ0) is 28.0. The summed E-state index contributed by atoms with van der Waals surface area (Å²) in [6.45, 7) is 1.73. The second-order valence-corrected chi connectivity index (χ2v) is 10.9. The fourth-order valence-corrected chi connectivity index (χ4v) is 5.04. The Morgan fingerprint density at radius 3 is 2.13 bits per heavy atom. The molecule has 0 bridgehead atoms. The van der Waals surface area contributed by atoms with Crippen molar-refractivity contribution in [2.24, 2.45) is 5.10 Å². The molecule has 0 fully saturated rings. The van der Waals surface area contributed by atoms with Crippen LogP contribution in [0.15, 0.2) is 113 Å². The van der Waals surface area contributed by atoms with Crippen LogP contribution in [0.4, 0.5) is 11.4 Å². The highest BCUT2D eigenvalue weighted by Crippen LogP contribution is 2.22. The summed E-state index contributed by atoms with van der Waals surface area (Å²) >= 11 is 5.97. The third-order valence-corrected chi connectivity index (χ3v) is 7.88. The van der Waals surface area contributed by atoms with Gasteiger partial charge in [0.1, 0.15) is 0 Å². The van der Waals surface area contributed by atoms with Crippen LogP contribution in [0, 0.1) is 0 Å². The molecule has 0 radical (unpaired) electrons. The lowest BCUT2D eigenvalue weighted by Crippen LogP contribution is -2.26. The molecule has 4 aromatic rings. The third kappa shape index (κ3) is 6.70. The molecule has 2 amide bonds. The lowest BCUT2D eigenvalue weighted by Gasteiger charge is -2.19. The van der Waals surface area contributed by atoms with Crippen LogP contribution < -0.4 is 15.0 Å². The first-order valence-corrected chi connectivity index (χ1v) is 13.6. The molecule has 0 saturated carbocycles. The van der Waals surface area contributed by atoms with Crippen molar-refractivity contribution >= 4 is 50.5 Å². The highest BCUT2D eigenvalue weighted by Gasteiger charge is 2.21.